The van der Waals surface area contributed by atoms with Crippen LogP contribution in [0.25, 0.3) is 0 Å². The molecule has 0 aliphatic carbocycles. The van der Waals surface area contributed by atoms with E-state index in [4.69, 9.17) is 13.9 Å². The summed E-state index contributed by atoms with van der Waals surface area (Å²) >= 11 is 0. The van der Waals surface area contributed by atoms with Crippen LogP contribution in [0.4, 0.5) is 0 Å². The Morgan fingerprint density at radius 3 is 2.42 bits per heavy atom. The lowest BCUT2D eigenvalue weighted by atomic mass is 10.2. The molecule has 0 radical (unpaired) electrons. The Labute approximate surface area is 143 Å². The number of hydrogen-bond donors (Lipinski definition) is 0. The van der Waals surface area contributed by atoms with Gasteiger partial charge >= 0.3 is 0 Å². The molecule has 1 heterocycles. The molecule has 6 nitrogen and oxygen atoms in total. The summed E-state index contributed by atoms with van der Waals surface area (Å²) in [4.78, 5) is 0. The van der Waals surface area contributed by atoms with E-state index in [-0.39, 0.29) is 12.3 Å². The first-order valence-corrected chi connectivity index (χ1v) is 9.27. The monoisotopic (exact) mass is 353 g/mol. The number of aryl methyl sites for hydroxylation is 1. The van der Waals surface area contributed by atoms with E-state index in [0.29, 0.717) is 19.6 Å². The largest absolute Gasteiger partial charge is 0.497 e. The molecule has 0 bridgehead atoms. The lowest BCUT2D eigenvalue weighted by Gasteiger charge is -2.21. The third-order valence-corrected chi connectivity index (χ3v) is 5.50. The fraction of sp³-hybridized carbons (Fsp3) is 0.412. The van der Waals surface area contributed by atoms with Crippen LogP contribution >= 0.6 is 0 Å². The van der Waals surface area contributed by atoms with Gasteiger partial charge in [0, 0.05) is 25.8 Å². The van der Waals surface area contributed by atoms with E-state index in [1.165, 1.54) is 10.6 Å². The van der Waals surface area contributed by atoms with Gasteiger partial charge in [-0.05, 0) is 30.2 Å². The molecule has 0 fully saturated rings. The normalized spacial score (nSPS) is 11.8. The van der Waals surface area contributed by atoms with E-state index < -0.39 is 10.0 Å². The molecular weight excluding hydrogens is 330 g/mol. The summed E-state index contributed by atoms with van der Waals surface area (Å²) in [6.07, 6.45) is 3.54. The van der Waals surface area contributed by atoms with Crippen LogP contribution in [0.15, 0.2) is 47.3 Å². The maximum Gasteiger partial charge on any atom is 0.214 e. The third kappa shape index (κ3) is 5.36. The van der Waals surface area contributed by atoms with Crippen molar-refractivity contribution in [3.63, 3.8) is 0 Å². The number of rotatable bonds is 10. The summed E-state index contributed by atoms with van der Waals surface area (Å²) in [6.45, 7) is 0.942. The van der Waals surface area contributed by atoms with E-state index in [2.05, 4.69) is 0 Å². The molecule has 132 valence electrons. The zero-order valence-corrected chi connectivity index (χ0v) is 14.8. The van der Waals surface area contributed by atoms with Crippen LogP contribution in [0.5, 0.6) is 5.75 Å². The van der Waals surface area contributed by atoms with Gasteiger partial charge in [-0.25, -0.2) is 8.42 Å². The fourth-order valence-electron chi connectivity index (χ4n) is 2.26. The average Bonchev–Trinajstić information content (AvgIpc) is 3.10. The molecule has 2 rings (SSSR count). The highest BCUT2D eigenvalue weighted by atomic mass is 32.2. The number of hydrogen-bond acceptors (Lipinski definition) is 5. The standard InChI is InChI=1S/C17H23NO5S/c1-21-11-9-18(13-16-7-10-23-14-16)24(19,20)12-8-15-3-5-17(22-2)6-4-15/h3-7,10,14H,8-9,11-13H2,1-2H3. The summed E-state index contributed by atoms with van der Waals surface area (Å²) in [5.74, 6) is 0.796. The Bertz CT molecular complexity index is 695. The maximum atomic E-state index is 12.7. The SMILES string of the molecule is COCCN(Cc1ccoc1)S(=O)(=O)CCc1ccc(OC)cc1. The molecule has 1 aromatic heterocycles. The average molecular weight is 353 g/mol. The summed E-state index contributed by atoms with van der Waals surface area (Å²) in [7, 11) is -0.248. The van der Waals surface area contributed by atoms with Crippen molar-refractivity contribution in [3.05, 3.63) is 54.0 Å². The molecule has 0 N–H and O–H groups in total. The van der Waals surface area contributed by atoms with Gasteiger partial charge in [0.05, 0.1) is 32.0 Å². The van der Waals surface area contributed by atoms with E-state index in [1.54, 1.807) is 26.5 Å². The highest BCUT2D eigenvalue weighted by Crippen LogP contribution is 2.15. The Balaban J connectivity index is 2.02. The fourth-order valence-corrected chi connectivity index (χ4v) is 3.71. The van der Waals surface area contributed by atoms with Crippen molar-refractivity contribution < 1.29 is 22.3 Å². The lowest BCUT2D eigenvalue weighted by molar-refractivity contribution is 0.177. The zero-order valence-electron chi connectivity index (χ0n) is 14.0. The topological polar surface area (TPSA) is 69.0 Å². The first-order chi connectivity index (χ1) is 11.5. The molecule has 0 atom stereocenters. The first-order valence-electron chi connectivity index (χ1n) is 7.66. The number of benzene rings is 1. The van der Waals surface area contributed by atoms with E-state index in [0.717, 1.165) is 16.9 Å². The minimum absolute atomic E-state index is 0.0426. The summed E-state index contributed by atoms with van der Waals surface area (Å²) in [5, 5.41) is 0. The smallest absolute Gasteiger partial charge is 0.214 e. The van der Waals surface area contributed by atoms with Crippen molar-refractivity contribution in [2.24, 2.45) is 0 Å². The van der Waals surface area contributed by atoms with Crippen LogP contribution in [-0.2, 0) is 27.7 Å². The van der Waals surface area contributed by atoms with Gasteiger partial charge in [-0.2, -0.15) is 4.31 Å². The second-order valence-corrected chi connectivity index (χ2v) is 7.46. The van der Waals surface area contributed by atoms with Crippen molar-refractivity contribution in [1.82, 2.24) is 4.31 Å². The van der Waals surface area contributed by atoms with Gasteiger partial charge in [0.15, 0.2) is 0 Å². The molecule has 7 heteroatoms. The second kappa shape index (κ2) is 8.86. The summed E-state index contributed by atoms with van der Waals surface area (Å²) in [6, 6.07) is 9.18. The van der Waals surface area contributed by atoms with Crippen molar-refractivity contribution in [2.75, 3.05) is 33.1 Å². The van der Waals surface area contributed by atoms with Gasteiger partial charge in [-0.3, -0.25) is 0 Å². The Morgan fingerprint density at radius 2 is 1.83 bits per heavy atom. The summed E-state index contributed by atoms with van der Waals surface area (Å²) < 4.78 is 41.9. The maximum absolute atomic E-state index is 12.7. The van der Waals surface area contributed by atoms with Crippen LogP contribution in [-0.4, -0.2) is 45.8 Å². The first kappa shape index (κ1) is 18.5. The molecule has 0 unspecified atom stereocenters. The van der Waals surface area contributed by atoms with Crippen LogP contribution in [0.3, 0.4) is 0 Å². The highest BCUT2D eigenvalue weighted by Gasteiger charge is 2.22. The molecular formula is C17H23NO5S. The number of nitrogens with zero attached hydrogens (tertiary/aromatic N) is 1. The number of ether oxygens (including phenoxy) is 2. The number of sulfonamides is 1. The molecule has 0 aliphatic heterocycles. The van der Waals surface area contributed by atoms with E-state index >= 15 is 0 Å². The minimum Gasteiger partial charge on any atom is -0.497 e. The molecule has 24 heavy (non-hydrogen) atoms. The van der Waals surface area contributed by atoms with Gasteiger partial charge in [-0.15, -0.1) is 0 Å². The predicted octanol–water partition coefficient (Wildman–Crippen LogP) is 2.31. The highest BCUT2D eigenvalue weighted by molar-refractivity contribution is 7.89. The lowest BCUT2D eigenvalue weighted by Crippen LogP contribution is -2.35. The van der Waals surface area contributed by atoms with Gasteiger partial charge in [-0.1, -0.05) is 12.1 Å². The molecule has 0 amide bonds. The minimum atomic E-state index is -3.40. The van der Waals surface area contributed by atoms with Crippen LogP contribution in [0, 0.1) is 0 Å². The van der Waals surface area contributed by atoms with Gasteiger partial charge in [0.25, 0.3) is 0 Å². The molecule has 0 aliphatic rings. The Morgan fingerprint density at radius 1 is 1.08 bits per heavy atom. The third-order valence-electron chi connectivity index (χ3n) is 3.68. The van der Waals surface area contributed by atoms with Crippen molar-refractivity contribution in [3.8, 4) is 5.75 Å². The van der Waals surface area contributed by atoms with Gasteiger partial charge in [0.1, 0.15) is 5.75 Å². The summed E-state index contributed by atoms with van der Waals surface area (Å²) in [5.41, 5.74) is 1.77. The molecule has 0 spiro atoms. The Hall–Kier alpha value is -1.83. The van der Waals surface area contributed by atoms with Crippen LogP contribution in [0.2, 0.25) is 0 Å². The number of furan rings is 1. The second-order valence-electron chi connectivity index (χ2n) is 5.37. The van der Waals surface area contributed by atoms with Crippen molar-refractivity contribution >= 4 is 10.0 Å². The van der Waals surface area contributed by atoms with Gasteiger partial charge < -0.3 is 13.9 Å². The van der Waals surface area contributed by atoms with Crippen molar-refractivity contribution in [1.29, 1.82) is 0 Å². The molecule has 1 aromatic carbocycles. The molecule has 2 aromatic rings. The van der Waals surface area contributed by atoms with Crippen LogP contribution < -0.4 is 4.74 Å². The Kier molecular flexibility index (Phi) is 6.84. The quantitative estimate of drug-likeness (QED) is 0.656. The zero-order chi connectivity index (χ0) is 17.4. The van der Waals surface area contributed by atoms with Gasteiger partial charge in [0.2, 0.25) is 10.0 Å². The molecule has 0 saturated heterocycles. The van der Waals surface area contributed by atoms with E-state index in [9.17, 15) is 8.42 Å². The van der Waals surface area contributed by atoms with Crippen LogP contribution in [0.1, 0.15) is 11.1 Å². The van der Waals surface area contributed by atoms with E-state index in [1.807, 2.05) is 24.3 Å². The van der Waals surface area contributed by atoms with Crippen molar-refractivity contribution in [2.45, 2.75) is 13.0 Å². The number of methoxy groups -OCH3 is 2. The predicted molar refractivity (Wildman–Crippen MR) is 91.5 cm³/mol. The molecule has 0 saturated carbocycles.